The van der Waals surface area contributed by atoms with Crippen molar-refractivity contribution in [1.29, 1.82) is 0 Å². The smallest absolute Gasteiger partial charge is 0.227 e. The second-order valence-corrected chi connectivity index (χ2v) is 7.00. The third kappa shape index (κ3) is 4.13. The predicted molar refractivity (Wildman–Crippen MR) is 86.9 cm³/mol. The molecule has 2 saturated carbocycles. The first-order chi connectivity index (χ1) is 11.6. The highest BCUT2D eigenvalue weighted by Crippen LogP contribution is 2.32. The van der Waals surface area contributed by atoms with Crippen LogP contribution in [-0.4, -0.2) is 28.0 Å². The second-order valence-electron chi connectivity index (χ2n) is 7.00. The standard InChI is InChI=1S/C17H26N4O3/c18-16(23)12-7-3-4-8-13(12)19-14(22)9-10-15-20-17(21-24-15)11-5-1-2-6-11/h11-13H,1-10H2,(H2,18,23)(H,19,22)/t12-,13-/m0/s1. The van der Waals surface area contributed by atoms with Crippen LogP contribution in [0.25, 0.3) is 0 Å². The lowest BCUT2D eigenvalue weighted by Crippen LogP contribution is -2.47. The Hall–Kier alpha value is -1.92. The largest absolute Gasteiger partial charge is 0.369 e. The van der Waals surface area contributed by atoms with E-state index in [9.17, 15) is 9.59 Å². The molecule has 1 heterocycles. The number of carbonyl (C=O) groups excluding carboxylic acids is 2. The number of nitrogens with zero attached hydrogens (tertiary/aromatic N) is 2. The zero-order valence-electron chi connectivity index (χ0n) is 14.0. The van der Waals surface area contributed by atoms with Crippen LogP contribution in [0.3, 0.4) is 0 Å². The number of nitrogens with two attached hydrogens (primary N) is 1. The van der Waals surface area contributed by atoms with Crippen molar-refractivity contribution in [2.24, 2.45) is 11.7 Å². The molecule has 2 aliphatic carbocycles. The SMILES string of the molecule is NC(=O)[C@H]1CCCC[C@@H]1NC(=O)CCc1nc(C2CCCC2)no1. The maximum atomic E-state index is 12.2. The quantitative estimate of drug-likeness (QED) is 0.824. The molecule has 132 valence electrons. The van der Waals surface area contributed by atoms with E-state index in [1.165, 1.54) is 12.8 Å². The molecule has 1 aromatic rings. The Bertz CT molecular complexity index is 580. The van der Waals surface area contributed by atoms with Gasteiger partial charge in [0.15, 0.2) is 5.82 Å². The fraction of sp³-hybridized carbons (Fsp3) is 0.765. The molecule has 0 spiro atoms. The van der Waals surface area contributed by atoms with Crippen LogP contribution in [0.15, 0.2) is 4.52 Å². The van der Waals surface area contributed by atoms with Crippen LogP contribution in [-0.2, 0) is 16.0 Å². The summed E-state index contributed by atoms with van der Waals surface area (Å²) in [5.74, 6) is 1.05. The highest BCUT2D eigenvalue weighted by molar-refractivity contribution is 5.80. The van der Waals surface area contributed by atoms with Gasteiger partial charge in [0.25, 0.3) is 0 Å². The zero-order chi connectivity index (χ0) is 16.9. The topological polar surface area (TPSA) is 111 Å². The normalized spacial score (nSPS) is 24.8. The van der Waals surface area contributed by atoms with E-state index in [-0.39, 0.29) is 30.2 Å². The number of aryl methyl sites for hydroxylation is 1. The number of aromatic nitrogens is 2. The van der Waals surface area contributed by atoms with Crippen molar-refractivity contribution in [3.8, 4) is 0 Å². The van der Waals surface area contributed by atoms with Gasteiger partial charge in [-0.25, -0.2) is 0 Å². The van der Waals surface area contributed by atoms with Gasteiger partial charge in [0, 0.05) is 24.8 Å². The van der Waals surface area contributed by atoms with Gasteiger partial charge in [-0.3, -0.25) is 9.59 Å². The van der Waals surface area contributed by atoms with Crippen molar-refractivity contribution in [3.63, 3.8) is 0 Å². The minimum atomic E-state index is -0.321. The third-order valence-electron chi connectivity index (χ3n) is 5.25. The summed E-state index contributed by atoms with van der Waals surface area (Å²) in [5.41, 5.74) is 5.44. The Labute approximate surface area is 141 Å². The van der Waals surface area contributed by atoms with E-state index in [4.69, 9.17) is 10.3 Å². The average molecular weight is 334 g/mol. The summed E-state index contributed by atoms with van der Waals surface area (Å²) < 4.78 is 5.26. The summed E-state index contributed by atoms with van der Waals surface area (Å²) in [6.45, 7) is 0. The molecule has 7 heteroatoms. The first kappa shape index (κ1) is 16.9. The Morgan fingerprint density at radius 3 is 2.58 bits per heavy atom. The zero-order valence-corrected chi connectivity index (χ0v) is 14.0. The minimum Gasteiger partial charge on any atom is -0.369 e. The second kappa shape index (κ2) is 7.77. The summed E-state index contributed by atoms with van der Waals surface area (Å²) in [6.07, 6.45) is 8.98. The Balaban J connectivity index is 1.47. The summed E-state index contributed by atoms with van der Waals surface area (Å²) >= 11 is 0. The fourth-order valence-corrected chi connectivity index (χ4v) is 3.86. The third-order valence-corrected chi connectivity index (χ3v) is 5.25. The summed E-state index contributed by atoms with van der Waals surface area (Å²) in [6, 6.07) is -0.138. The molecule has 0 radical (unpaired) electrons. The minimum absolute atomic E-state index is 0.0891. The Kier molecular flexibility index (Phi) is 5.48. The van der Waals surface area contributed by atoms with E-state index in [2.05, 4.69) is 15.5 Å². The van der Waals surface area contributed by atoms with Crippen molar-refractivity contribution in [2.45, 2.75) is 76.2 Å². The summed E-state index contributed by atoms with van der Waals surface area (Å²) in [5, 5.41) is 7.00. The molecule has 24 heavy (non-hydrogen) atoms. The van der Waals surface area contributed by atoms with E-state index in [1.807, 2.05) is 0 Å². The lowest BCUT2D eigenvalue weighted by molar-refractivity contribution is -0.126. The first-order valence-electron chi connectivity index (χ1n) is 9.04. The lowest BCUT2D eigenvalue weighted by atomic mass is 9.84. The molecule has 2 aliphatic rings. The van der Waals surface area contributed by atoms with Crippen LogP contribution in [0.1, 0.15) is 75.4 Å². The average Bonchev–Trinajstić information content (AvgIpc) is 3.24. The van der Waals surface area contributed by atoms with Crippen LogP contribution >= 0.6 is 0 Å². The number of rotatable bonds is 6. The van der Waals surface area contributed by atoms with Crippen molar-refractivity contribution in [2.75, 3.05) is 0 Å². The van der Waals surface area contributed by atoms with Gasteiger partial charge in [-0.05, 0) is 25.7 Å². The molecule has 2 atom stereocenters. The van der Waals surface area contributed by atoms with Crippen molar-refractivity contribution in [1.82, 2.24) is 15.5 Å². The lowest BCUT2D eigenvalue weighted by Gasteiger charge is -2.29. The van der Waals surface area contributed by atoms with E-state index >= 15 is 0 Å². The molecule has 7 nitrogen and oxygen atoms in total. The maximum Gasteiger partial charge on any atom is 0.227 e. The van der Waals surface area contributed by atoms with Gasteiger partial charge < -0.3 is 15.6 Å². The van der Waals surface area contributed by atoms with Crippen LogP contribution in [0.4, 0.5) is 0 Å². The van der Waals surface area contributed by atoms with Gasteiger partial charge in [0.2, 0.25) is 17.7 Å². The van der Waals surface area contributed by atoms with Gasteiger partial charge in [-0.15, -0.1) is 0 Å². The van der Waals surface area contributed by atoms with Gasteiger partial charge in [-0.2, -0.15) is 4.98 Å². The number of hydrogen-bond donors (Lipinski definition) is 2. The van der Waals surface area contributed by atoms with Gasteiger partial charge in [0.1, 0.15) is 0 Å². The van der Waals surface area contributed by atoms with Gasteiger partial charge in [0.05, 0.1) is 5.92 Å². The molecule has 0 saturated heterocycles. The molecular formula is C17H26N4O3. The van der Waals surface area contributed by atoms with E-state index in [0.717, 1.165) is 44.3 Å². The number of nitrogens with one attached hydrogen (secondary N) is 1. The first-order valence-corrected chi connectivity index (χ1v) is 9.04. The highest BCUT2D eigenvalue weighted by atomic mass is 16.5. The molecule has 0 aliphatic heterocycles. The predicted octanol–water partition coefficient (Wildman–Crippen LogP) is 1.82. The number of hydrogen-bond acceptors (Lipinski definition) is 5. The number of primary amides is 1. The Morgan fingerprint density at radius 2 is 1.83 bits per heavy atom. The Morgan fingerprint density at radius 1 is 1.12 bits per heavy atom. The number of amides is 2. The maximum absolute atomic E-state index is 12.2. The molecule has 0 bridgehead atoms. The van der Waals surface area contributed by atoms with Crippen LogP contribution in [0, 0.1) is 5.92 Å². The fourth-order valence-electron chi connectivity index (χ4n) is 3.86. The summed E-state index contributed by atoms with van der Waals surface area (Å²) in [7, 11) is 0. The van der Waals surface area contributed by atoms with Gasteiger partial charge in [-0.1, -0.05) is 30.8 Å². The molecule has 0 aromatic carbocycles. The van der Waals surface area contributed by atoms with Crippen molar-refractivity contribution >= 4 is 11.8 Å². The molecule has 3 N–H and O–H groups in total. The molecule has 3 rings (SSSR count). The van der Waals surface area contributed by atoms with E-state index in [0.29, 0.717) is 18.2 Å². The molecule has 0 unspecified atom stereocenters. The molecular weight excluding hydrogens is 308 g/mol. The highest BCUT2D eigenvalue weighted by Gasteiger charge is 2.30. The number of carbonyl (C=O) groups is 2. The van der Waals surface area contributed by atoms with Crippen LogP contribution < -0.4 is 11.1 Å². The summed E-state index contributed by atoms with van der Waals surface area (Å²) in [4.78, 5) is 28.1. The van der Waals surface area contributed by atoms with Crippen LogP contribution in [0.5, 0.6) is 0 Å². The van der Waals surface area contributed by atoms with E-state index in [1.54, 1.807) is 0 Å². The van der Waals surface area contributed by atoms with E-state index < -0.39 is 0 Å². The monoisotopic (exact) mass is 334 g/mol. The van der Waals surface area contributed by atoms with Crippen molar-refractivity contribution < 1.29 is 14.1 Å². The van der Waals surface area contributed by atoms with Crippen molar-refractivity contribution in [3.05, 3.63) is 11.7 Å². The molecule has 2 amide bonds. The van der Waals surface area contributed by atoms with Crippen LogP contribution in [0.2, 0.25) is 0 Å². The molecule has 2 fully saturated rings. The molecule has 1 aromatic heterocycles. The van der Waals surface area contributed by atoms with Gasteiger partial charge >= 0.3 is 0 Å².